The van der Waals surface area contributed by atoms with Gasteiger partial charge >= 0.3 is 0 Å². The molecule has 0 aliphatic carbocycles. The van der Waals surface area contributed by atoms with E-state index < -0.39 is 16.1 Å². The number of benzene rings is 2. The molecule has 1 fully saturated rings. The quantitative estimate of drug-likeness (QED) is 0.610. The molecule has 1 atom stereocenters. The molecule has 0 saturated carbocycles. The van der Waals surface area contributed by atoms with E-state index in [1.165, 1.54) is 28.6 Å². The number of nitrogens with one attached hydrogen (secondary N) is 1. The maximum Gasteiger partial charge on any atom is 0.253 e. The molecule has 0 bridgehead atoms. The van der Waals surface area contributed by atoms with E-state index in [4.69, 9.17) is 11.6 Å². The lowest BCUT2D eigenvalue weighted by molar-refractivity contribution is -0.124. The summed E-state index contributed by atoms with van der Waals surface area (Å²) < 4.78 is 28.4. The highest BCUT2D eigenvalue weighted by Gasteiger charge is 2.36. The van der Waals surface area contributed by atoms with Gasteiger partial charge in [0.1, 0.15) is 6.04 Å². The third kappa shape index (κ3) is 5.93. The highest BCUT2D eigenvalue weighted by Crippen LogP contribution is 2.26. The lowest BCUT2D eigenvalue weighted by atomic mass is 10.1. The van der Waals surface area contributed by atoms with Gasteiger partial charge in [0.15, 0.2) is 0 Å². The predicted molar refractivity (Wildman–Crippen MR) is 129 cm³/mol. The molecular formula is C24H30ClN3O4S. The summed E-state index contributed by atoms with van der Waals surface area (Å²) in [5.74, 6) is -0.362. The SMILES string of the molecule is CCN(CC)C(=O)c1ccc(CN([C@@H]2CCCCNC2=O)S(=O)(=O)c2ccc(Cl)cc2)cc1. The first-order valence-corrected chi connectivity index (χ1v) is 13.0. The predicted octanol–water partition coefficient (Wildman–Crippen LogP) is 3.68. The van der Waals surface area contributed by atoms with Gasteiger partial charge in [-0.05, 0) is 75.1 Å². The molecule has 0 spiro atoms. The van der Waals surface area contributed by atoms with Crippen molar-refractivity contribution in [2.45, 2.75) is 50.6 Å². The van der Waals surface area contributed by atoms with Crippen molar-refractivity contribution < 1.29 is 18.0 Å². The lowest BCUT2D eigenvalue weighted by Crippen LogP contribution is -2.48. The molecule has 1 aliphatic heterocycles. The van der Waals surface area contributed by atoms with Crippen LogP contribution in [0.1, 0.15) is 49.0 Å². The Morgan fingerprint density at radius 1 is 1.03 bits per heavy atom. The minimum Gasteiger partial charge on any atom is -0.355 e. The van der Waals surface area contributed by atoms with Gasteiger partial charge in [-0.15, -0.1) is 0 Å². The summed E-state index contributed by atoms with van der Waals surface area (Å²) in [6, 6.07) is 12.0. The maximum atomic E-state index is 13.6. The van der Waals surface area contributed by atoms with Crippen molar-refractivity contribution in [2.75, 3.05) is 19.6 Å². The highest BCUT2D eigenvalue weighted by atomic mass is 35.5. The third-order valence-corrected chi connectivity index (χ3v) is 7.98. The average Bonchev–Trinajstić information content (AvgIpc) is 3.03. The first-order chi connectivity index (χ1) is 15.8. The minimum absolute atomic E-state index is 0.0167. The molecule has 2 aromatic rings. The fourth-order valence-corrected chi connectivity index (χ4v) is 5.66. The number of amides is 2. The normalized spacial score (nSPS) is 16.8. The molecule has 33 heavy (non-hydrogen) atoms. The molecule has 3 rings (SSSR count). The number of nitrogens with zero attached hydrogens (tertiary/aromatic N) is 2. The molecule has 0 aromatic heterocycles. The van der Waals surface area contributed by atoms with Crippen LogP contribution < -0.4 is 5.32 Å². The molecule has 1 aliphatic rings. The van der Waals surface area contributed by atoms with Crippen LogP contribution in [0.25, 0.3) is 0 Å². The first-order valence-electron chi connectivity index (χ1n) is 11.2. The number of carbonyl (C=O) groups is 2. The minimum atomic E-state index is -3.97. The Balaban J connectivity index is 1.94. The Hall–Kier alpha value is -2.42. The van der Waals surface area contributed by atoms with E-state index in [9.17, 15) is 18.0 Å². The zero-order valence-corrected chi connectivity index (χ0v) is 20.5. The lowest BCUT2D eigenvalue weighted by Gasteiger charge is -2.29. The van der Waals surface area contributed by atoms with Crippen molar-refractivity contribution in [3.8, 4) is 0 Å². The number of halogens is 1. The van der Waals surface area contributed by atoms with Gasteiger partial charge in [0, 0.05) is 36.8 Å². The number of hydrogen-bond donors (Lipinski definition) is 1. The van der Waals surface area contributed by atoms with Gasteiger partial charge < -0.3 is 10.2 Å². The Bertz CT molecular complexity index is 1070. The van der Waals surface area contributed by atoms with Crippen LogP contribution in [0.5, 0.6) is 0 Å². The first kappa shape index (κ1) is 25.2. The van der Waals surface area contributed by atoms with Gasteiger partial charge in [-0.2, -0.15) is 4.31 Å². The van der Waals surface area contributed by atoms with Crippen LogP contribution in [0.4, 0.5) is 0 Å². The summed E-state index contributed by atoms with van der Waals surface area (Å²) in [7, 11) is -3.97. The second-order valence-corrected chi connectivity index (χ2v) is 10.3. The molecule has 7 nitrogen and oxygen atoms in total. The molecule has 0 radical (unpaired) electrons. The topological polar surface area (TPSA) is 86.8 Å². The van der Waals surface area contributed by atoms with E-state index >= 15 is 0 Å². The molecular weight excluding hydrogens is 462 g/mol. The summed E-state index contributed by atoms with van der Waals surface area (Å²) in [6.07, 6.45) is 1.99. The Kier molecular flexibility index (Phi) is 8.51. The summed E-state index contributed by atoms with van der Waals surface area (Å²) in [5.41, 5.74) is 1.24. The molecule has 1 heterocycles. The van der Waals surface area contributed by atoms with Gasteiger partial charge in [-0.3, -0.25) is 9.59 Å². The standard InChI is InChI=1S/C24H30ClN3O4S/c1-3-27(4-2)24(30)19-10-8-18(9-11-19)17-28(22-7-5-6-16-26-23(22)29)33(31,32)21-14-12-20(25)13-15-21/h8-15,22H,3-7,16-17H2,1-2H3,(H,26,29)/t22-/m1/s1. The van der Waals surface area contributed by atoms with Gasteiger partial charge in [0.2, 0.25) is 15.9 Å². The summed E-state index contributed by atoms with van der Waals surface area (Å²) >= 11 is 5.94. The molecule has 2 amide bonds. The summed E-state index contributed by atoms with van der Waals surface area (Å²) in [6.45, 7) is 5.62. The zero-order valence-electron chi connectivity index (χ0n) is 19.0. The van der Waals surface area contributed by atoms with Crippen LogP contribution >= 0.6 is 11.6 Å². The maximum absolute atomic E-state index is 13.6. The van der Waals surface area contributed by atoms with Gasteiger partial charge in [0.25, 0.3) is 5.91 Å². The van der Waals surface area contributed by atoms with Crippen molar-refractivity contribution >= 4 is 33.4 Å². The van der Waals surface area contributed by atoms with E-state index in [1.807, 2.05) is 13.8 Å². The molecule has 1 N–H and O–H groups in total. The van der Waals surface area contributed by atoms with Gasteiger partial charge in [0.05, 0.1) is 4.90 Å². The molecule has 1 saturated heterocycles. The fraction of sp³-hybridized carbons (Fsp3) is 0.417. The van der Waals surface area contributed by atoms with Crippen LogP contribution in [0, 0.1) is 0 Å². The van der Waals surface area contributed by atoms with Crippen molar-refractivity contribution in [1.29, 1.82) is 0 Å². The monoisotopic (exact) mass is 491 g/mol. The molecule has 9 heteroatoms. The number of sulfonamides is 1. The average molecular weight is 492 g/mol. The van der Waals surface area contributed by atoms with E-state index in [0.717, 1.165) is 12.8 Å². The number of rotatable bonds is 8. The molecule has 178 valence electrons. The van der Waals surface area contributed by atoms with Crippen LogP contribution in [-0.2, 0) is 21.4 Å². The second-order valence-electron chi connectivity index (χ2n) is 7.98. The second kappa shape index (κ2) is 11.1. The van der Waals surface area contributed by atoms with Crippen LogP contribution in [0.3, 0.4) is 0 Å². The Labute approximate surface area is 200 Å². The van der Waals surface area contributed by atoms with Crippen molar-refractivity contribution in [1.82, 2.24) is 14.5 Å². The van der Waals surface area contributed by atoms with Crippen LogP contribution in [-0.4, -0.2) is 55.1 Å². The fourth-order valence-electron chi connectivity index (χ4n) is 3.93. The van der Waals surface area contributed by atoms with Gasteiger partial charge in [-0.25, -0.2) is 8.42 Å². The Morgan fingerprint density at radius 2 is 1.67 bits per heavy atom. The van der Waals surface area contributed by atoms with Crippen molar-refractivity contribution in [3.63, 3.8) is 0 Å². The largest absolute Gasteiger partial charge is 0.355 e. The van der Waals surface area contributed by atoms with Gasteiger partial charge in [-0.1, -0.05) is 23.7 Å². The summed E-state index contributed by atoms with van der Waals surface area (Å²) in [4.78, 5) is 27.2. The summed E-state index contributed by atoms with van der Waals surface area (Å²) in [5, 5.41) is 3.26. The number of hydrogen-bond acceptors (Lipinski definition) is 4. The highest BCUT2D eigenvalue weighted by molar-refractivity contribution is 7.89. The van der Waals surface area contributed by atoms with E-state index in [1.54, 1.807) is 29.2 Å². The smallest absolute Gasteiger partial charge is 0.253 e. The van der Waals surface area contributed by atoms with E-state index in [-0.39, 0.29) is 23.3 Å². The van der Waals surface area contributed by atoms with E-state index in [2.05, 4.69) is 5.32 Å². The van der Waals surface area contributed by atoms with Crippen molar-refractivity contribution in [3.05, 3.63) is 64.7 Å². The zero-order chi connectivity index (χ0) is 24.0. The van der Waals surface area contributed by atoms with E-state index in [0.29, 0.717) is 42.2 Å². The number of carbonyl (C=O) groups excluding carboxylic acids is 2. The third-order valence-electron chi connectivity index (χ3n) is 5.86. The molecule has 0 unspecified atom stereocenters. The van der Waals surface area contributed by atoms with Crippen LogP contribution in [0.2, 0.25) is 5.02 Å². The Morgan fingerprint density at radius 3 is 2.27 bits per heavy atom. The molecule has 2 aromatic carbocycles. The van der Waals surface area contributed by atoms with Crippen LogP contribution in [0.15, 0.2) is 53.4 Å². The van der Waals surface area contributed by atoms with Crippen molar-refractivity contribution in [2.24, 2.45) is 0 Å².